The number of amides is 2. The third-order valence-corrected chi connectivity index (χ3v) is 2.44. The highest BCUT2D eigenvalue weighted by Gasteiger charge is 2.06. The van der Waals surface area contributed by atoms with E-state index in [1.54, 1.807) is 19.2 Å². The minimum absolute atomic E-state index is 0.163. The van der Waals surface area contributed by atoms with Gasteiger partial charge in [-0.15, -0.1) is 0 Å². The fourth-order valence-electron chi connectivity index (χ4n) is 1.53. The smallest absolute Gasteiger partial charge is 0.238 e. The van der Waals surface area contributed by atoms with Gasteiger partial charge in [0.2, 0.25) is 11.8 Å². The van der Waals surface area contributed by atoms with Gasteiger partial charge in [0.05, 0.1) is 19.3 Å². The lowest BCUT2D eigenvalue weighted by Crippen LogP contribution is -2.29. The number of anilines is 1. The Hall–Kier alpha value is -2.08. The van der Waals surface area contributed by atoms with Crippen molar-refractivity contribution in [3.63, 3.8) is 0 Å². The molecule has 0 saturated carbocycles. The van der Waals surface area contributed by atoms with Gasteiger partial charge in [0.1, 0.15) is 5.75 Å². The van der Waals surface area contributed by atoms with Crippen molar-refractivity contribution in [1.29, 1.82) is 0 Å². The number of carbonyl (C=O) groups is 2. The first kappa shape index (κ1) is 15.0. The molecule has 0 aromatic heterocycles. The average molecular weight is 265 g/mol. The van der Waals surface area contributed by atoms with E-state index in [4.69, 9.17) is 10.5 Å². The number of carbonyl (C=O) groups excluding carboxylic acids is 2. The molecule has 4 N–H and O–H groups in total. The predicted molar refractivity (Wildman–Crippen MR) is 72.9 cm³/mol. The molecule has 0 saturated heterocycles. The molecule has 0 fully saturated rings. The maximum Gasteiger partial charge on any atom is 0.238 e. The summed E-state index contributed by atoms with van der Waals surface area (Å²) >= 11 is 0. The van der Waals surface area contributed by atoms with Gasteiger partial charge in [-0.1, -0.05) is 12.1 Å². The minimum Gasteiger partial charge on any atom is -0.495 e. The lowest BCUT2D eigenvalue weighted by atomic mass is 10.3. The lowest BCUT2D eigenvalue weighted by molar-refractivity contribution is -0.118. The van der Waals surface area contributed by atoms with Crippen LogP contribution in [0.5, 0.6) is 5.75 Å². The molecule has 6 nitrogen and oxygen atoms in total. The van der Waals surface area contributed by atoms with E-state index in [1.165, 1.54) is 0 Å². The zero-order valence-corrected chi connectivity index (χ0v) is 10.9. The summed E-state index contributed by atoms with van der Waals surface area (Å²) in [6.45, 7) is 0.749. The molecule has 0 aliphatic rings. The van der Waals surface area contributed by atoms with Gasteiger partial charge in [0.15, 0.2) is 0 Å². The van der Waals surface area contributed by atoms with Crippen molar-refractivity contribution in [3.8, 4) is 5.75 Å². The van der Waals surface area contributed by atoms with Crippen molar-refractivity contribution in [2.45, 2.75) is 12.8 Å². The van der Waals surface area contributed by atoms with Crippen molar-refractivity contribution in [1.82, 2.24) is 5.32 Å². The number of rotatable bonds is 8. The Labute approximate surface area is 112 Å². The number of primary amides is 1. The first-order valence-corrected chi connectivity index (χ1v) is 6.05. The number of methoxy groups -OCH3 is 1. The molecule has 0 unspecified atom stereocenters. The number of hydrogen-bond acceptors (Lipinski definition) is 4. The topological polar surface area (TPSA) is 93.4 Å². The largest absolute Gasteiger partial charge is 0.495 e. The molecule has 1 aromatic carbocycles. The average Bonchev–Trinajstić information content (AvgIpc) is 2.38. The standard InChI is InChI=1S/C13H19N3O3/c1-19-11-6-3-2-5-10(11)16-13(18)9-15-8-4-7-12(14)17/h2-3,5-6,15H,4,7-9H2,1H3,(H2,14,17)(H,16,18). The number of nitrogens with two attached hydrogens (primary N) is 1. The SMILES string of the molecule is COc1ccccc1NC(=O)CNCCCC(N)=O. The van der Waals surface area contributed by atoms with Gasteiger partial charge in [0.25, 0.3) is 0 Å². The Morgan fingerprint density at radius 1 is 1.32 bits per heavy atom. The normalized spacial score (nSPS) is 9.95. The summed E-state index contributed by atoms with van der Waals surface area (Å²) in [6.07, 6.45) is 0.943. The molecule has 104 valence electrons. The molecule has 6 heteroatoms. The zero-order chi connectivity index (χ0) is 14.1. The van der Waals surface area contributed by atoms with Crippen LogP contribution in [0.25, 0.3) is 0 Å². The summed E-state index contributed by atoms with van der Waals surface area (Å²) in [5.41, 5.74) is 5.64. The molecule has 1 aromatic rings. The Bertz CT molecular complexity index is 435. The molecule has 0 aliphatic heterocycles. The summed E-state index contributed by atoms with van der Waals surface area (Å²) < 4.78 is 5.13. The summed E-state index contributed by atoms with van der Waals surface area (Å²) in [5, 5.41) is 5.68. The second-order valence-corrected chi connectivity index (χ2v) is 4.00. The van der Waals surface area contributed by atoms with Crippen LogP contribution >= 0.6 is 0 Å². The number of ether oxygens (including phenoxy) is 1. The van der Waals surface area contributed by atoms with E-state index in [9.17, 15) is 9.59 Å². The van der Waals surface area contributed by atoms with Crippen molar-refractivity contribution in [3.05, 3.63) is 24.3 Å². The Kier molecular flexibility index (Phi) is 6.38. The molecule has 2 amide bonds. The summed E-state index contributed by atoms with van der Waals surface area (Å²) in [6, 6.07) is 7.19. The Morgan fingerprint density at radius 2 is 2.05 bits per heavy atom. The van der Waals surface area contributed by atoms with Gasteiger partial charge in [-0.25, -0.2) is 0 Å². The van der Waals surface area contributed by atoms with Crippen LogP contribution < -0.4 is 21.1 Å². The van der Waals surface area contributed by atoms with E-state index >= 15 is 0 Å². The van der Waals surface area contributed by atoms with E-state index < -0.39 is 0 Å². The van der Waals surface area contributed by atoms with Gasteiger partial charge < -0.3 is 21.1 Å². The van der Waals surface area contributed by atoms with Gasteiger partial charge >= 0.3 is 0 Å². The number of nitrogens with one attached hydrogen (secondary N) is 2. The van der Waals surface area contributed by atoms with Crippen LogP contribution in [0.3, 0.4) is 0 Å². The van der Waals surface area contributed by atoms with E-state index in [1.807, 2.05) is 12.1 Å². The van der Waals surface area contributed by atoms with Crippen LogP contribution in [0.1, 0.15) is 12.8 Å². The molecular formula is C13H19N3O3. The van der Waals surface area contributed by atoms with E-state index in [0.717, 1.165) is 0 Å². The second kappa shape index (κ2) is 8.10. The third-order valence-electron chi connectivity index (χ3n) is 2.44. The van der Waals surface area contributed by atoms with Crippen molar-refractivity contribution in [2.75, 3.05) is 25.5 Å². The summed E-state index contributed by atoms with van der Waals surface area (Å²) in [5.74, 6) is 0.119. The molecule has 0 bridgehead atoms. The number of benzene rings is 1. The highest BCUT2D eigenvalue weighted by molar-refractivity contribution is 5.93. The Balaban J connectivity index is 2.29. The molecule has 0 spiro atoms. The molecule has 0 radical (unpaired) electrons. The highest BCUT2D eigenvalue weighted by atomic mass is 16.5. The van der Waals surface area contributed by atoms with Crippen LogP contribution in [-0.2, 0) is 9.59 Å². The van der Waals surface area contributed by atoms with Crippen molar-refractivity contribution >= 4 is 17.5 Å². The third kappa shape index (κ3) is 5.87. The molecule has 0 aliphatic carbocycles. The van der Waals surface area contributed by atoms with E-state index in [0.29, 0.717) is 30.8 Å². The van der Waals surface area contributed by atoms with Crippen molar-refractivity contribution < 1.29 is 14.3 Å². The lowest BCUT2D eigenvalue weighted by Gasteiger charge is -2.10. The minimum atomic E-state index is -0.333. The van der Waals surface area contributed by atoms with Gasteiger partial charge in [-0.2, -0.15) is 0 Å². The highest BCUT2D eigenvalue weighted by Crippen LogP contribution is 2.22. The fraction of sp³-hybridized carbons (Fsp3) is 0.385. The van der Waals surface area contributed by atoms with E-state index in [2.05, 4.69) is 10.6 Å². The van der Waals surface area contributed by atoms with Gasteiger partial charge in [0, 0.05) is 6.42 Å². The second-order valence-electron chi connectivity index (χ2n) is 4.00. The summed E-state index contributed by atoms with van der Waals surface area (Å²) in [7, 11) is 1.55. The first-order valence-electron chi connectivity index (χ1n) is 6.05. The molecular weight excluding hydrogens is 246 g/mol. The Morgan fingerprint density at radius 3 is 2.74 bits per heavy atom. The molecule has 19 heavy (non-hydrogen) atoms. The van der Waals surface area contributed by atoms with Crippen molar-refractivity contribution in [2.24, 2.45) is 5.73 Å². The number of para-hydroxylation sites is 2. The van der Waals surface area contributed by atoms with Crippen LogP contribution in [0.4, 0.5) is 5.69 Å². The molecule has 1 rings (SSSR count). The van der Waals surface area contributed by atoms with E-state index in [-0.39, 0.29) is 18.4 Å². The maximum atomic E-state index is 11.7. The number of hydrogen-bond donors (Lipinski definition) is 3. The zero-order valence-electron chi connectivity index (χ0n) is 10.9. The van der Waals surface area contributed by atoms with Crippen LogP contribution in [0, 0.1) is 0 Å². The van der Waals surface area contributed by atoms with Crippen LogP contribution in [-0.4, -0.2) is 32.0 Å². The van der Waals surface area contributed by atoms with Crippen LogP contribution in [0.15, 0.2) is 24.3 Å². The van der Waals surface area contributed by atoms with Gasteiger partial charge in [-0.3, -0.25) is 9.59 Å². The monoisotopic (exact) mass is 265 g/mol. The maximum absolute atomic E-state index is 11.7. The summed E-state index contributed by atoms with van der Waals surface area (Å²) in [4.78, 5) is 22.2. The first-order chi connectivity index (χ1) is 9.13. The molecule has 0 atom stereocenters. The fourth-order valence-corrected chi connectivity index (χ4v) is 1.53. The molecule has 0 heterocycles. The quantitative estimate of drug-likeness (QED) is 0.596. The van der Waals surface area contributed by atoms with Gasteiger partial charge in [-0.05, 0) is 25.1 Å². The van der Waals surface area contributed by atoms with Crippen LogP contribution in [0.2, 0.25) is 0 Å². The predicted octanol–water partition coefficient (Wildman–Crippen LogP) is 0.489.